The summed E-state index contributed by atoms with van der Waals surface area (Å²) < 4.78 is 1.21. The molecular formula is C64H46N4S. The summed E-state index contributed by atoms with van der Waals surface area (Å²) in [7, 11) is 0. The van der Waals surface area contributed by atoms with Crippen molar-refractivity contribution in [1.29, 1.82) is 0 Å². The first-order valence-corrected chi connectivity index (χ1v) is 24.2. The Morgan fingerprint density at radius 3 is 1.35 bits per heavy atom. The summed E-state index contributed by atoms with van der Waals surface area (Å²) in [6.45, 7) is 2.13. The Labute approximate surface area is 407 Å². The van der Waals surface area contributed by atoms with Gasteiger partial charge in [-0.2, -0.15) is 0 Å². The SMILES string of the molecule is Cc1ccc2nc(-c3ccc(N(c4ccccc4)c4cccc(-c5cccc(-c6cccc(-c7cccc(N(c8ccccc8)c8ccc(C9=Nc%10ccccc%10C9)cc8)c7)c6)c5)c4)cc3)sc2c1. The van der Waals surface area contributed by atoms with Gasteiger partial charge in [-0.3, -0.25) is 4.99 Å². The molecule has 11 aromatic rings. The second-order valence-electron chi connectivity index (χ2n) is 17.6. The van der Waals surface area contributed by atoms with E-state index in [0.29, 0.717) is 0 Å². The van der Waals surface area contributed by atoms with Crippen molar-refractivity contribution in [3.8, 4) is 44.0 Å². The molecule has 1 aliphatic rings. The van der Waals surface area contributed by atoms with Crippen molar-refractivity contribution in [2.24, 2.45) is 4.99 Å². The second-order valence-corrected chi connectivity index (χ2v) is 18.6. The van der Waals surface area contributed by atoms with E-state index in [2.05, 4.69) is 265 Å². The van der Waals surface area contributed by atoms with Gasteiger partial charge >= 0.3 is 0 Å². The molecule has 0 spiro atoms. The van der Waals surface area contributed by atoms with Gasteiger partial charge in [-0.1, -0.05) is 133 Å². The van der Waals surface area contributed by atoms with E-state index < -0.39 is 0 Å². The third kappa shape index (κ3) is 8.52. The van der Waals surface area contributed by atoms with Crippen LogP contribution in [0.4, 0.5) is 39.8 Å². The van der Waals surface area contributed by atoms with E-state index in [1.165, 1.54) is 15.8 Å². The maximum atomic E-state index is 4.96. The van der Waals surface area contributed by atoms with E-state index in [9.17, 15) is 0 Å². The highest BCUT2D eigenvalue weighted by Gasteiger charge is 2.19. The van der Waals surface area contributed by atoms with Crippen LogP contribution in [0.5, 0.6) is 0 Å². The van der Waals surface area contributed by atoms with Crippen molar-refractivity contribution in [1.82, 2.24) is 4.98 Å². The number of fused-ring (bicyclic) bond motifs is 2. The number of aryl methyl sites for hydroxylation is 1. The van der Waals surface area contributed by atoms with Crippen LogP contribution >= 0.6 is 11.3 Å². The lowest BCUT2D eigenvalue weighted by Gasteiger charge is -2.26. The number of para-hydroxylation sites is 3. The maximum Gasteiger partial charge on any atom is 0.124 e. The Hall–Kier alpha value is -8.64. The molecule has 0 radical (unpaired) electrons. The Bertz CT molecular complexity index is 3650. The number of aliphatic imine (C=N–C) groups is 1. The van der Waals surface area contributed by atoms with Crippen LogP contribution in [0.3, 0.4) is 0 Å². The molecule has 1 aromatic heterocycles. The molecular weight excluding hydrogens is 857 g/mol. The second kappa shape index (κ2) is 18.2. The molecule has 0 unspecified atom stereocenters. The first kappa shape index (κ1) is 41.8. The van der Waals surface area contributed by atoms with Crippen LogP contribution in [-0.4, -0.2) is 10.7 Å². The Balaban J connectivity index is 0.830. The van der Waals surface area contributed by atoms with Crippen molar-refractivity contribution in [2.75, 3.05) is 9.80 Å². The number of anilines is 6. The summed E-state index contributed by atoms with van der Waals surface area (Å²) in [5.74, 6) is 0. The molecule has 0 bridgehead atoms. The highest BCUT2D eigenvalue weighted by molar-refractivity contribution is 7.21. The van der Waals surface area contributed by atoms with Crippen molar-refractivity contribution in [2.45, 2.75) is 13.3 Å². The van der Waals surface area contributed by atoms with E-state index in [1.54, 1.807) is 11.3 Å². The van der Waals surface area contributed by atoms with E-state index in [1.807, 2.05) is 0 Å². The van der Waals surface area contributed by atoms with Crippen LogP contribution in [0.15, 0.2) is 254 Å². The fourth-order valence-electron chi connectivity index (χ4n) is 9.47. The molecule has 0 aliphatic carbocycles. The Morgan fingerprint density at radius 2 is 0.812 bits per heavy atom. The van der Waals surface area contributed by atoms with Crippen LogP contribution in [0.25, 0.3) is 54.2 Å². The van der Waals surface area contributed by atoms with Crippen LogP contribution in [-0.2, 0) is 6.42 Å². The number of thiazole rings is 1. The Morgan fingerprint density at radius 1 is 0.362 bits per heavy atom. The van der Waals surface area contributed by atoms with Gasteiger partial charge in [0.1, 0.15) is 5.01 Å². The smallest absolute Gasteiger partial charge is 0.124 e. The molecule has 0 atom stereocenters. The molecule has 2 heterocycles. The number of aromatic nitrogens is 1. The van der Waals surface area contributed by atoms with Crippen LogP contribution in [0, 0.1) is 6.92 Å². The number of nitrogens with zero attached hydrogens (tertiary/aromatic N) is 4. The third-order valence-corrected chi connectivity index (χ3v) is 14.0. The lowest BCUT2D eigenvalue weighted by molar-refractivity contribution is 1.28. The van der Waals surface area contributed by atoms with Gasteiger partial charge in [-0.05, 0) is 172 Å². The minimum Gasteiger partial charge on any atom is -0.310 e. The maximum absolute atomic E-state index is 4.96. The predicted molar refractivity (Wildman–Crippen MR) is 292 cm³/mol. The van der Waals surface area contributed by atoms with Gasteiger partial charge in [-0.25, -0.2) is 4.98 Å². The Kier molecular flexibility index (Phi) is 11.0. The largest absolute Gasteiger partial charge is 0.310 e. The fraction of sp³-hybridized carbons (Fsp3) is 0.0312. The molecule has 0 amide bonds. The van der Waals surface area contributed by atoms with Gasteiger partial charge in [0, 0.05) is 46.1 Å². The van der Waals surface area contributed by atoms with Crippen molar-refractivity contribution in [3.63, 3.8) is 0 Å². The lowest BCUT2D eigenvalue weighted by atomic mass is 9.95. The summed E-state index contributed by atoms with van der Waals surface area (Å²) in [6.07, 6.45) is 0.854. The minimum absolute atomic E-state index is 0.854. The zero-order chi connectivity index (χ0) is 46.1. The summed E-state index contributed by atoms with van der Waals surface area (Å²) in [4.78, 5) is 14.6. The molecule has 10 aromatic carbocycles. The monoisotopic (exact) mass is 902 g/mol. The molecule has 0 saturated carbocycles. The van der Waals surface area contributed by atoms with Gasteiger partial charge < -0.3 is 9.80 Å². The van der Waals surface area contributed by atoms with E-state index >= 15 is 0 Å². The molecule has 69 heavy (non-hydrogen) atoms. The summed E-state index contributed by atoms with van der Waals surface area (Å²) in [5.41, 5.74) is 21.5. The van der Waals surface area contributed by atoms with Crippen molar-refractivity contribution >= 4 is 67.1 Å². The zero-order valence-corrected chi connectivity index (χ0v) is 38.9. The predicted octanol–water partition coefficient (Wildman–Crippen LogP) is 17.9. The summed E-state index contributed by atoms with van der Waals surface area (Å²) >= 11 is 1.74. The van der Waals surface area contributed by atoms with E-state index in [-0.39, 0.29) is 0 Å². The van der Waals surface area contributed by atoms with Gasteiger partial charge in [0.25, 0.3) is 0 Å². The minimum atomic E-state index is 0.854. The van der Waals surface area contributed by atoms with Crippen LogP contribution in [0.1, 0.15) is 16.7 Å². The molecule has 328 valence electrons. The van der Waals surface area contributed by atoms with Gasteiger partial charge in [0.15, 0.2) is 0 Å². The van der Waals surface area contributed by atoms with Gasteiger partial charge in [0.2, 0.25) is 0 Å². The number of benzene rings is 10. The molecule has 0 fully saturated rings. The molecule has 5 heteroatoms. The quantitative estimate of drug-likeness (QED) is 0.130. The first-order valence-electron chi connectivity index (χ1n) is 23.4. The average molecular weight is 903 g/mol. The first-order chi connectivity index (χ1) is 34.1. The topological polar surface area (TPSA) is 31.7 Å². The van der Waals surface area contributed by atoms with Crippen molar-refractivity contribution in [3.05, 3.63) is 265 Å². The number of hydrogen-bond acceptors (Lipinski definition) is 5. The fourth-order valence-corrected chi connectivity index (χ4v) is 10.5. The number of hydrogen-bond donors (Lipinski definition) is 0. The molecule has 0 saturated heterocycles. The molecule has 1 aliphatic heterocycles. The molecule has 4 nitrogen and oxygen atoms in total. The van der Waals surface area contributed by atoms with Crippen molar-refractivity contribution < 1.29 is 0 Å². The molecule has 0 N–H and O–H groups in total. The highest BCUT2D eigenvalue weighted by atomic mass is 32.1. The van der Waals surface area contributed by atoms with Gasteiger partial charge in [-0.15, -0.1) is 11.3 Å². The van der Waals surface area contributed by atoms with E-state index in [0.717, 1.165) is 107 Å². The third-order valence-electron chi connectivity index (χ3n) is 12.9. The van der Waals surface area contributed by atoms with Crippen LogP contribution < -0.4 is 9.80 Å². The zero-order valence-electron chi connectivity index (χ0n) is 38.1. The number of rotatable bonds is 11. The standard InChI is InChI=1S/C64H46N4S/c1-44-28-37-61-63(38-44)69-64(66-61)46-31-35-57(36-32-46)68(55-23-6-3-7-24-55)59-26-13-20-52(42-59)50-18-11-16-48(40-50)47-15-10-17-49(39-47)51-19-12-25-58(41-51)67(54-21-4-2-5-22-54)56-33-29-45(30-34-56)62-43-53-14-8-9-27-60(53)65-62/h2-42H,43H2,1H3. The lowest BCUT2D eigenvalue weighted by Crippen LogP contribution is -2.10. The summed E-state index contributed by atoms with van der Waals surface area (Å²) in [5, 5.41) is 1.03. The highest BCUT2D eigenvalue weighted by Crippen LogP contribution is 2.41. The van der Waals surface area contributed by atoms with Gasteiger partial charge in [0.05, 0.1) is 21.6 Å². The van der Waals surface area contributed by atoms with Crippen LogP contribution in [0.2, 0.25) is 0 Å². The van der Waals surface area contributed by atoms with E-state index in [4.69, 9.17) is 9.98 Å². The summed E-state index contributed by atoms with van der Waals surface area (Å²) in [6, 6.07) is 89.3. The average Bonchev–Trinajstić information content (AvgIpc) is 4.05. The molecule has 12 rings (SSSR count). The normalized spacial score (nSPS) is 11.9.